The molecule has 2 heterocycles. The summed E-state index contributed by atoms with van der Waals surface area (Å²) in [5.74, 6) is 0.574. The second-order valence-electron chi connectivity index (χ2n) is 6.18. The van der Waals surface area contributed by atoms with Crippen LogP contribution in [0.15, 0.2) is 52.4 Å². The minimum Gasteiger partial charge on any atom is -0.360 e. The number of alkyl halides is 3. The molecule has 4 rings (SSSR count). The van der Waals surface area contributed by atoms with Crippen LogP contribution < -0.4 is 0 Å². The molecular formula is C20H11Cl2F3N2OS. The van der Waals surface area contributed by atoms with Crippen molar-refractivity contribution < 1.29 is 17.7 Å². The van der Waals surface area contributed by atoms with E-state index in [1.165, 1.54) is 11.3 Å². The first-order valence-electron chi connectivity index (χ1n) is 8.30. The molecular weight excluding hydrogens is 444 g/mol. The van der Waals surface area contributed by atoms with Gasteiger partial charge in [-0.25, -0.2) is 4.98 Å². The first kappa shape index (κ1) is 19.9. The van der Waals surface area contributed by atoms with Gasteiger partial charge < -0.3 is 4.52 Å². The van der Waals surface area contributed by atoms with Gasteiger partial charge in [-0.15, -0.1) is 11.3 Å². The summed E-state index contributed by atoms with van der Waals surface area (Å²) in [6, 6.07) is 11.2. The van der Waals surface area contributed by atoms with Crippen LogP contribution in [0.4, 0.5) is 13.2 Å². The molecule has 0 amide bonds. The Morgan fingerprint density at radius 1 is 1.00 bits per heavy atom. The van der Waals surface area contributed by atoms with Crippen molar-refractivity contribution in [3.63, 3.8) is 0 Å². The van der Waals surface area contributed by atoms with Crippen molar-refractivity contribution in [3.05, 3.63) is 69.2 Å². The van der Waals surface area contributed by atoms with Crippen LogP contribution in [0.2, 0.25) is 10.0 Å². The Morgan fingerprint density at radius 3 is 2.28 bits per heavy atom. The Bertz CT molecular complexity index is 1160. The number of hydrogen-bond donors (Lipinski definition) is 0. The molecule has 0 fully saturated rings. The smallest absolute Gasteiger partial charge is 0.360 e. The summed E-state index contributed by atoms with van der Waals surface area (Å²) in [4.78, 5) is 4.55. The van der Waals surface area contributed by atoms with Crippen LogP contribution in [0.3, 0.4) is 0 Å². The highest BCUT2D eigenvalue weighted by Crippen LogP contribution is 2.43. The van der Waals surface area contributed by atoms with Crippen molar-refractivity contribution in [1.82, 2.24) is 10.1 Å². The topological polar surface area (TPSA) is 38.9 Å². The summed E-state index contributed by atoms with van der Waals surface area (Å²) in [6.07, 6.45) is -4.54. The third-order valence-corrected chi connectivity index (χ3v) is 5.71. The zero-order chi connectivity index (χ0) is 20.8. The van der Waals surface area contributed by atoms with Crippen LogP contribution in [-0.4, -0.2) is 10.1 Å². The summed E-state index contributed by atoms with van der Waals surface area (Å²) in [5.41, 5.74) is 2.12. The van der Waals surface area contributed by atoms with E-state index in [9.17, 15) is 13.2 Å². The van der Waals surface area contributed by atoms with Crippen LogP contribution in [0.5, 0.6) is 0 Å². The van der Waals surface area contributed by atoms with Crippen molar-refractivity contribution in [2.24, 2.45) is 0 Å². The Hall–Kier alpha value is -2.35. The second-order valence-corrected chi connectivity index (χ2v) is 7.85. The molecule has 148 valence electrons. The molecule has 2 aromatic carbocycles. The van der Waals surface area contributed by atoms with Gasteiger partial charge in [0.1, 0.15) is 16.5 Å². The van der Waals surface area contributed by atoms with Gasteiger partial charge in [0.05, 0.1) is 26.9 Å². The van der Waals surface area contributed by atoms with Crippen molar-refractivity contribution in [3.8, 4) is 33.1 Å². The van der Waals surface area contributed by atoms with Gasteiger partial charge >= 0.3 is 6.18 Å². The van der Waals surface area contributed by atoms with E-state index < -0.39 is 11.7 Å². The largest absolute Gasteiger partial charge is 0.416 e. The van der Waals surface area contributed by atoms with E-state index in [1.807, 2.05) is 30.3 Å². The number of aryl methyl sites for hydroxylation is 1. The lowest BCUT2D eigenvalue weighted by Gasteiger charge is -2.10. The lowest BCUT2D eigenvalue weighted by Crippen LogP contribution is -2.05. The normalized spacial score (nSPS) is 11.8. The minimum absolute atomic E-state index is 0.115. The molecule has 0 aliphatic rings. The van der Waals surface area contributed by atoms with Gasteiger partial charge in [-0.2, -0.15) is 13.2 Å². The van der Waals surface area contributed by atoms with Gasteiger partial charge in [-0.05, 0) is 19.1 Å². The van der Waals surface area contributed by atoms with Crippen LogP contribution in [0.1, 0.15) is 11.3 Å². The summed E-state index contributed by atoms with van der Waals surface area (Å²) >= 11 is 13.5. The van der Waals surface area contributed by atoms with Gasteiger partial charge in [0, 0.05) is 16.5 Å². The summed E-state index contributed by atoms with van der Waals surface area (Å²) < 4.78 is 44.3. The third kappa shape index (κ3) is 3.77. The van der Waals surface area contributed by atoms with Gasteiger partial charge in [0.15, 0.2) is 0 Å². The molecule has 0 saturated carbocycles. The fraction of sp³-hybridized carbons (Fsp3) is 0.100. The van der Waals surface area contributed by atoms with Crippen LogP contribution in [0, 0.1) is 6.92 Å². The van der Waals surface area contributed by atoms with Gasteiger partial charge in [0.2, 0.25) is 0 Å². The van der Waals surface area contributed by atoms with Gasteiger partial charge in [-0.1, -0.05) is 58.7 Å². The zero-order valence-corrected chi connectivity index (χ0v) is 17.0. The lowest BCUT2D eigenvalue weighted by atomic mass is 10.0. The zero-order valence-electron chi connectivity index (χ0n) is 14.7. The first-order valence-corrected chi connectivity index (χ1v) is 9.93. The molecule has 3 nitrogen and oxygen atoms in total. The molecule has 29 heavy (non-hydrogen) atoms. The average Bonchev–Trinajstić information content (AvgIpc) is 3.27. The van der Waals surface area contributed by atoms with E-state index in [-0.39, 0.29) is 15.6 Å². The van der Waals surface area contributed by atoms with E-state index in [4.69, 9.17) is 27.7 Å². The SMILES string of the molecule is Cc1onc(-c2ccccc2)c1-c1csc(-c2c(Cl)cc(C(F)(F)F)cc2Cl)n1. The highest BCUT2D eigenvalue weighted by molar-refractivity contribution is 7.13. The molecule has 0 atom stereocenters. The molecule has 0 unspecified atom stereocenters. The Kier molecular flexibility index (Phi) is 5.14. The van der Waals surface area contributed by atoms with E-state index in [0.717, 1.165) is 17.7 Å². The Balaban J connectivity index is 1.79. The molecule has 0 saturated heterocycles. The number of nitrogens with zero attached hydrogens (tertiary/aromatic N) is 2. The maximum Gasteiger partial charge on any atom is 0.416 e. The fourth-order valence-electron chi connectivity index (χ4n) is 2.91. The predicted octanol–water partition coefficient (Wildman–Crippen LogP) is 7.77. The van der Waals surface area contributed by atoms with E-state index in [2.05, 4.69) is 10.1 Å². The van der Waals surface area contributed by atoms with Gasteiger partial charge in [-0.3, -0.25) is 0 Å². The summed E-state index contributed by atoms with van der Waals surface area (Å²) in [7, 11) is 0. The van der Waals surface area contributed by atoms with Crippen LogP contribution in [-0.2, 0) is 6.18 Å². The maximum absolute atomic E-state index is 13.0. The maximum atomic E-state index is 13.0. The molecule has 0 radical (unpaired) electrons. The Labute approximate surface area is 177 Å². The van der Waals surface area contributed by atoms with E-state index >= 15 is 0 Å². The molecule has 2 aromatic heterocycles. The second kappa shape index (κ2) is 7.48. The fourth-order valence-corrected chi connectivity index (χ4v) is 4.57. The molecule has 0 aliphatic carbocycles. The van der Waals surface area contributed by atoms with Crippen molar-refractivity contribution in [2.75, 3.05) is 0 Å². The van der Waals surface area contributed by atoms with Gasteiger partial charge in [0.25, 0.3) is 0 Å². The molecule has 0 bridgehead atoms. The van der Waals surface area contributed by atoms with Crippen molar-refractivity contribution in [1.29, 1.82) is 0 Å². The predicted molar refractivity (Wildman–Crippen MR) is 108 cm³/mol. The average molecular weight is 455 g/mol. The highest BCUT2D eigenvalue weighted by atomic mass is 35.5. The first-order chi connectivity index (χ1) is 13.8. The number of benzene rings is 2. The standard InChI is InChI=1S/C20H11Cl2F3N2OS/c1-10-16(18(27-28-10)11-5-3-2-4-6-11)15-9-29-19(26-15)17-13(21)7-12(8-14(17)22)20(23,24)25/h2-9H,1H3. The number of halogens is 5. The third-order valence-electron chi connectivity index (χ3n) is 4.25. The summed E-state index contributed by atoms with van der Waals surface area (Å²) in [5, 5.41) is 6.08. The number of rotatable bonds is 3. The van der Waals surface area contributed by atoms with E-state index in [1.54, 1.807) is 12.3 Å². The van der Waals surface area contributed by atoms with Crippen LogP contribution in [0.25, 0.3) is 33.1 Å². The Morgan fingerprint density at radius 2 is 1.66 bits per heavy atom. The number of hydrogen-bond acceptors (Lipinski definition) is 4. The summed E-state index contributed by atoms with van der Waals surface area (Å²) in [6.45, 7) is 1.77. The molecule has 4 aromatic rings. The molecule has 9 heteroatoms. The molecule has 0 spiro atoms. The molecule has 0 N–H and O–H groups in total. The monoisotopic (exact) mass is 454 g/mol. The van der Waals surface area contributed by atoms with Crippen molar-refractivity contribution in [2.45, 2.75) is 13.1 Å². The number of thiazole rings is 1. The number of aromatic nitrogens is 2. The quantitative estimate of drug-likeness (QED) is 0.317. The van der Waals surface area contributed by atoms with Crippen molar-refractivity contribution >= 4 is 34.5 Å². The minimum atomic E-state index is -4.54. The van der Waals surface area contributed by atoms with E-state index in [0.29, 0.717) is 27.7 Å². The molecule has 0 aliphatic heterocycles. The van der Waals surface area contributed by atoms with Crippen LogP contribution >= 0.6 is 34.5 Å². The lowest BCUT2D eigenvalue weighted by molar-refractivity contribution is -0.137. The highest BCUT2D eigenvalue weighted by Gasteiger charge is 2.32.